The Hall–Kier alpha value is -2.09. The van der Waals surface area contributed by atoms with E-state index < -0.39 is 0 Å². The maximum atomic E-state index is 13.0. The summed E-state index contributed by atoms with van der Waals surface area (Å²) < 4.78 is 5.44. The van der Waals surface area contributed by atoms with Gasteiger partial charge in [0.25, 0.3) is 0 Å². The van der Waals surface area contributed by atoms with Crippen LogP contribution in [-0.2, 0) is 0 Å². The van der Waals surface area contributed by atoms with Gasteiger partial charge in [-0.2, -0.15) is 0 Å². The third kappa shape index (κ3) is 3.15. The molecule has 0 heterocycles. The smallest absolute Gasteiger partial charge is 0.174 e. The Morgan fingerprint density at radius 2 is 1.81 bits per heavy atom. The van der Waals surface area contributed by atoms with Crippen molar-refractivity contribution in [2.24, 2.45) is 0 Å². The largest absolute Gasteiger partial charge is 0.496 e. The molecule has 2 heteroatoms. The lowest BCUT2D eigenvalue weighted by atomic mass is 9.86. The average molecular weight is 282 g/mol. The van der Waals surface area contributed by atoms with E-state index in [1.807, 2.05) is 63.2 Å². The van der Waals surface area contributed by atoms with Gasteiger partial charge in [0, 0.05) is 5.92 Å². The summed E-state index contributed by atoms with van der Waals surface area (Å²) in [5.74, 6) is 0.687. The van der Waals surface area contributed by atoms with E-state index in [0.717, 1.165) is 23.1 Å². The number of ketones is 1. The van der Waals surface area contributed by atoms with Crippen LogP contribution < -0.4 is 4.74 Å². The molecule has 0 aliphatic heterocycles. The van der Waals surface area contributed by atoms with Crippen molar-refractivity contribution in [1.82, 2.24) is 0 Å². The second-order valence-electron chi connectivity index (χ2n) is 5.39. The van der Waals surface area contributed by atoms with Gasteiger partial charge in [0.05, 0.1) is 12.7 Å². The quantitative estimate of drug-likeness (QED) is 0.744. The number of hydrogen-bond acceptors (Lipinski definition) is 2. The van der Waals surface area contributed by atoms with Crippen LogP contribution in [0.1, 0.15) is 46.3 Å². The van der Waals surface area contributed by atoms with Gasteiger partial charge in [0.1, 0.15) is 5.75 Å². The Kier molecular flexibility index (Phi) is 4.79. The van der Waals surface area contributed by atoms with Crippen molar-refractivity contribution >= 4 is 5.78 Å². The van der Waals surface area contributed by atoms with Crippen molar-refractivity contribution < 1.29 is 9.53 Å². The molecule has 2 aromatic rings. The molecule has 2 aromatic carbocycles. The number of rotatable bonds is 5. The molecule has 0 saturated carbocycles. The van der Waals surface area contributed by atoms with Crippen LogP contribution in [0.4, 0.5) is 0 Å². The van der Waals surface area contributed by atoms with Crippen molar-refractivity contribution in [1.29, 1.82) is 0 Å². The van der Waals surface area contributed by atoms with Gasteiger partial charge >= 0.3 is 0 Å². The van der Waals surface area contributed by atoms with E-state index >= 15 is 0 Å². The molecule has 2 rings (SSSR count). The van der Waals surface area contributed by atoms with Gasteiger partial charge in [-0.25, -0.2) is 0 Å². The summed E-state index contributed by atoms with van der Waals surface area (Å²) in [6, 6.07) is 13.9. The first-order valence-electron chi connectivity index (χ1n) is 7.32. The SMILES string of the molecule is CCC(C(=O)c1c(C)cc(C)cc1OC)c1ccccc1. The molecule has 0 saturated heterocycles. The van der Waals surface area contributed by atoms with Gasteiger partial charge in [0.2, 0.25) is 0 Å². The molecule has 0 amide bonds. The van der Waals surface area contributed by atoms with Gasteiger partial charge in [-0.1, -0.05) is 43.3 Å². The molecule has 21 heavy (non-hydrogen) atoms. The standard InChI is InChI=1S/C19H22O2/c1-5-16(15-9-7-6-8-10-15)19(20)18-14(3)11-13(2)12-17(18)21-4/h6-12,16H,5H2,1-4H3. The zero-order valence-corrected chi connectivity index (χ0v) is 13.1. The minimum Gasteiger partial charge on any atom is -0.496 e. The van der Waals surface area contributed by atoms with Gasteiger partial charge in [0.15, 0.2) is 5.78 Å². The van der Waals surface area contributed by atoms with Crippen molar-refractivity contribution in [3.63, 3.8) is 0 Å². The first-order chi connectivity index (χ1) is 10.1. The van der Waals surface area contributed by atoms with Crippen molar-refractivity contribution in [3.8, 4) is 5.75 Å². The van der Waals surface area contributed by atoms with Crippen molar-refractivity contribution in [2.45, 2.75) is 33.1 Å². The molecular weight excluding hydrogens is 260 g/mol. The lowest BCUT2D eigenvalue weighted by Gasteiger charge is -2.18. The van der Waals surface area contributed by atoms with Crippen LogP contribution in [0.5, 0.6) is 5.75 Å². The topological polar surface area (TPSA) is 26.3 Å². The monoisotopic (exact) mass is 282 g/mol. The molecule has 110 valence electrons. The molecule has 0 radical (unpaired) electrons. The Balaban J connectivity index is 2.48. The second-order valence-corrected chi connectivity index (χ2v) is 5.39. The third-order valence-corrected chi connectivity index (χ3v) is 3.84. The number of carbonyl (C=O) groups excluding carboxylic acids is 1. The van der Waals surface area contributed by atoms with Crippen LogP contribution in [-0.4, -0.2) is 12.9 Å². The van der Waals surface area contributed by atoms with E-state index in [2.05, 4.69) is 0 Å². The normalized spacial score (nSPS) is 12.0. The molecule has 1 unspecified atom stereocenters. The maximum absolute atomic E-state index is 13.0. The van der Waals surface area contributed by atoms with Gasteiger partial charge in [-0.05, 0) is 43.0 Å². The second kappa shape index (κ2) is 6.57. The highest BCUT2D eigenvalue weighted by atomic mass is 16.5. The molecular formula is C19H22O2. The fourth-order valence-corrected chi connectivity index (χ4v) is 2.84. The predicted molar refractivity (Wildman–Crippen MR) is 86.3 cm³/mol. The summed E-state index contributed by atoms with van der Waals surface area (Å²) in [4.78, 5) is 13.0. The lowest BCUT2D eigenvalue weighted by molar-refractivity contribution is 0.0953. The predicted octanol–water partition coefficient (Wildman–Crippen LogP) is 4.69. The van der Waals surface area contributed by atoms with Gasteiger partial charge in [-0.15, -0.1) is 0 Å². The molecule has 0 bridgehead atoms. The molecule has 1 atom stereocenters. The Labute approximate surface area is 126 Å². The number of ether oxygens (including phenoxy) is 1. The van der Waals surface area contributed by atoms with Crippen molar-refractivity contribution in [2.75, 3.05) is 7.11 Å². The highest BCUT2D eigenvalue weighted by molar-refractivity contribution is 6.04. The summed E-state index contributed by atoms with van der Waals surface area (Å²) in [5, 5.41) is 0. The third-order valence-electron chi connectivity index (χ3n) is 3.84. The number of methoxy groups -OCH3 is 1. The molecule has 0 spiro atoms. The summed E-state index contributed by atoms with van der Waals surface area (Å²) in [7, 11) is 1.62. The Bertz CT molecular complexity index is 630. The molecule has 2 nitrogen and oxygen atoms in total. The summed E-state index contributed by atoms with van der Waals surface area (Å²) in [6.07, 6.45) is 0.777. The number of hydrogen-bond donors (Lipinski definition) is 0. The fraction of sp³-hybridized carbons (Fsp3) is 0.316. The summed E-state index contributed by atoms with van der Waals surface area (Å²) >= 11 is 0. The van der Waals surface area contributed by atoms with Crippen LogP contribution in [0.25, 0.3) is 0 Å². The van der Waals surface area contributed by atoms with Crippen LogP contribution in [0.2, 0.25) is 0 Å². The molecule has 0 aromatic heterocycles. The zero-order valence-electron chi connectivity index (χ0n) is 13.1. The summed E-state index contributed by atoms with van der Waals surface area (Å²) in [5.41, 5.74) is 3.85. The number of carbonyl (C=O) groups is 1. The number of benzene rings is 2. The van der Waals surface area contributed by atoms with E-state index in [1.165, 1.54) is 0 Å². The molecule has 0 N–H and O–H groups in total. The van der Waals surface area contributed by atoms with Crippen LogP contribution in [0.3, 0.4) is 0 Å². The van der Waals surface area contributed by atoms with Crippen LogP contribution in [0.15, 0.2) is 42.5 Å². The van der Waals surface area contributed by atoms with E-state index in [0.29, 0.717) is 11.3 Å². The molecule has 0 aliphatic carbocycles. The van der Waals surface area contributed by atoms with Crippen LogP contribution >= 0.6 is 0 Å². The van der Waals surface area contributed by atoms with E-state index in [1.54, 1.807) is 7.11 Å². The lowest BCUT2D eigenvalue weighted by Crippen LogP contribution is -2.15. The zero-order chi connectivity index (χ0) is 15.4. The van der Waals surface area contributed by atoms with E-state index in [4.69, 9.17) is 4.74 Å². The fourth-order valence-electron chi connectivity index (χ4n) is 2.84. The van der Waals surface area contributed by atoms with Gasteiger partial charge in [-0.3, -0.25) is 4.79 Å². The van der Waals surface area contributed by atoms with Gasteiger partial charge < -0.3 is 4.74 Å². The Morgan fingerprint density at radius 3 is 2.38 bits per heavy atom. The molecule has 0 aliphatic rings. The maximum Gasteiger partial charge on any atom is 0.174 e. The highest BCUT2D eigenvalue weighted by Gasteiger charge is 2.24. The number of aryl methyl sites for hydroxylation is 2. The van der Waals surface area contributed by atoms with E-state index in [9.17, 15) is 4.79 Å². The van der Waals surface area contributed by atoms with Crippen LogP contribution in [0, 0.1) is 13.8 Å². The Morgan fingerprint density at radius 1 is 1.14 bits per heavy atom. The molecule has 0 fully saturated rings. The number of Topliss-reactive ketones (excluding diaryl/α,β-unsaturated/α-hetero) is 1. The highest BCUT2D eigenvalue weighted by Crippen LogP contribution is 2.31. The first-order valence-corrected chi connectivity index (χ1v) is 7.32. The van der Waals surface area contributed by atoms with E-state index in [-0.39, 0.29) is 11.7 Å². The first kappa shape index (κ1) is 15.3. The average Bonchev–Trinajstić information content (AvgIpc) is 2.48. The minimum absolute atomic E-state index is 0.124. The minimum atomic E-state index is -0.124. The van der Waals surface area contributed by atoms with Crippen molar-refractivity contribution in [3.05, 3.63) is 64.7 Å². The summed E-state index contributed by atoms with van der Waals surface area (Å²) in [6.45, 7) is 6.03.